The van der Waals surface area contributed by atoms with E-state index in [0.29, 0.717) is 0 Å². The standard InChI is InChI=1S/C21H15F21O4/c1-3-8-7-11(8,9(43)45-4-2)10(44)46-6-5-12(22,23)13(24,25)14(26,27)15(28,29)16(30,31)17(32,33)18(34,35)19(36,37)20(38,39)21(40,41)42/h3,8H,1,4-7H2,2H3. The summed E-state index contributed by atoms with van der Waals surface area (Å²) in [5, 5.41) is 0. The summed E-state index contributed by atoms with van der Waals surface area (Å²) in [6, 6.07) is 0. The molecule has 0 N–H and O–H groups in total. The molecule has 25 heteroatoms. The first kappa shape index (κ1) is 41.2. The number of halogens is 21. The molecule has 1 aliphatic rings. The largest absolute Gasteiger partial charge is 0.465 e. The number of hydrogen-bond acceptors (Lipinski definition) is 4. The number of carbonyl (C=O) groups excluding carboxylic acids is 2. The summed E-state index contributed by atoms with van der Waals surface area (Å²) < 4.78 is 290. The van der Waals surface area contributed by atoms with Gasteiger partial charge in [-0.05, 0) is 13.3 Å². The van der Waals surface area contributed by atoms with Gasteiger partial charge in [0.15, 0.2) is 5.41 Å². The Morgan fingerprint density at radius 3 is 1.24 bits per heavy atom. The molecule has 1 saturated carbocycles. The molecule has 2 atom stereocenters. The fourth-order valence-corrected chi connectivity index (χ4v) is 3.53. The zero-order valence-corrected chi connectivity index (χ0v) is 21.8. The fraction of sp³-hybridized carbons (Fsp3) is 0.810. The van der Waals surface area contributed by atoms with E-state index in [1.165, 1.54) is 6.92 Å². The molecule has 0 aliphatic heterocycles. The maximum atomic E-state index is 14.0. The Kier molecular flexibility index (Phi) is 10.2. The molecule has 4 nitrogen and oxygen atoms in total. The van der Waals surface area contributed by atoms with Gasteiger partial charge in [-0.3, -0.25) is 9.59 Å². The molecule has 1 rings (SSSR count). The van der Waals surface area contributed by atoms with E-state index in [1.807, 2.05) is 0 Å². The first-order valence-corrected chi connectivity index (χ1v) is 11.5. The molecule has 0 spiro atoms. The van der Waals surface area contributed by atoms with Crippen LogP contribution in [0.1, 0.15) is 19.8 Å². The first-order chi connectivity index (χ1) is 20.0. The first-order valence-electron chi connectivity index (χ1n) is 11.5. The van der Waals surface area contributed by atoms with Crippen LogP contribution >= 0.6 is 0 Å². The summed E-state index contributed by atoms with van der Waals surface area (Å²) in [7, 11) is 0. The molecule has 0 aromatic carbocycles. The number of esters is 2. The summed E-state index contributed by atoms with van der Waals surface area (Å²) >= 11 is 0. The van der Waals surface area contributed by atoms with Gasteiger partial charge in [0.1, 0.15) is 0 Å². The van der Waals surface area contributed by atoms with Gasteiger partial charge >= 0.3 is 71.4 Å². The molecule has 0 aromatic rings. The molecule has 0 radical (unpaired) electrons. The number of allylic oxidation sites excluding steroid dienone is 1. The van der Waals surface area contributed by atoms with Crippen molar-refractivity contribution in [2.75, 3.05) is 13.2 Å². The van der Waals surface area contributed by atoms with Gasteiger partial charge in [0.25, 0.3) is 0 Å². The van der Waals surface area contributed by atoms with Gasteiger partial charge in [-0.25, -0.2) is 0 Å². The molecule has 1 aliphatic carbocycles. The smallest absolute Gasteiger partial charge is 0.460 e. The number of rotatable bonds is 15. The van der Waals surface area contributed by atoms with E-state index in [4.69, 9.17) is 0 Å². The summed E-state index contributed by atoms with van der Waals surface area (Å²) in [4.78, 5) is 24.1. The average molecular weight is 730 g/mol. The van der Waals surface area contributed by atoms with Crippen molar-refractivity contribution in [3.8, 4) is 0 Å². The maximum Gasteiger partial charge on any atom is 0.460 e. The van der Waals surface area contributed by atoms with Gasteiger partial charge in [-0.1, -0.05) is 6.08 Å². The predicted octanol–water partition coefficient (Wildman–Crippen LogP) is 7.96. The van der Waals surface area contributed by atoms with Crippen molar-refractivity contribution in [3.63, 3.8) is 0 Å². The second-order valence-electron chi connectivity index (χ2n) is 9.42. The van der Waals surface area contributed by atoms with Crippen LogP contribution in [0.15, 0.2) is 12.7 Å². The van der Waals surface area contributed by atoms with Crippen LogP contribution in [0.2, 0.25) is 0 Å². The summed E-state index contributed by atoms with van der Waals surface area (Å²) in [6.07, 6.45) is -10.8. The number of hydrogen-bond donors (Lipinski definition) is 0. The summed E-state index contributed by atoms with van der Waals surface area (Å²) in [5.41, 5.74) is -2.36. The molecule has 0 bridgehead atoms. The zero-order chi connectivity index (χ0) is 37.2. The molecule has 270 valence electrons. The van der Waals surface area contributed by atoms with Crippen LogP contribution in [0.25, 0.3) is 0 Å². The Bertz CT molecular complexity index is 1170. The summed E-state index contributed by atoms with van der Waals surface area (Å²) in [6.45, 7) is 1.62. The molecule has 0 aromatic heterocycles. The van der Waals surface area contributed by atoms with E-state index in [-0.39, 0.29) is 0 Å². The van der Waals surface area contributed by atoms with Crippen molar-refractivity contribution >= 4 is 11.9 Å². The Balaban J connectivity index is 3.46. The van der Waals surface area contributed by atoms with E-state index in [0.717, 1.165) is 6.08 Å². The topological polar surface area (TPSA) is 52.6 Å². The molecule has 0 amide bonds. The Hall–Kier alpha value is -2.79. The van der Waals surface area contributed by atoms with Gasteiger partial charge in [0.2, 0.25) is 0 Å². The normalized spacial score (nSPS) is 21.1. The molecule has 2 unspecified atom stereocenters. The van der Waals surface area contributed by atoms with Gasteiger partial charge < -0.3 is 9.47 Å². The van der Waals surface area contributed by atoms with Crippen LogP contribution in [0.4, 0.5) is 92.2 Å². The number of carbonyl (C=O) groups is 2. The highest BCUT2D eigenvalue weighted by atomic mass is 19.4. The van der Waals surface area contributed by atoms with Crippen molar-refractivity contribution in [1.29, 1.82) is 0 Å². The van der Waals surface area contributed by atoms with Crippen LogP contribution < -0.4 is 0 Å². The average Bonchev–Trinajstić information content (AvgIpc) is 3.63. The van der Waals surface area contributed by atoms with Crippen LogP contribution in [-0.4, -0.2) is 84.6 Å². The van der Waals surface area contributed by atoms with E-state index < -0.39 is 109 Å². The van der Waals surface area contributed by atoms with Gasteiger partial charge in [-0.15, -0.1) is 6.58 Å². The van der Waals surface area contributed by atoms with E-state index >= 15 is 0 Å². The molecule has 46 heavy (non-hydrogen) atoms. The van der Waals surface area contributed by atoms with Crippen LogP contribution in [0.3, 0.4) is 0 Å². The lowest BCUT2D eigenvalue weighted by molar-refractivity contribution is -0.474. The molecule has 0 saturated heterocycles. The highest BCUT2D eigenvalue weighted by molar-refractivity contribution is 6.04. The minimum atomic E-state index is -9.26. The molecule has 1 fully saturated rings. The minimum absolute atomic E-state index is 0.427. The van der Waals surface area contributed by atoms with Crippen LogP contribution in [0, 0.1) is 11.3 Å². The minimum Gasteiger partial charge on any atom is -0.465 e. The number of ether oxygens (including phenoxy) is 2. The quantitative estimate of drug-likeness (QED) is 0.0744. The molecule has 0 heterocycles. The highest BCUT2D eigenvalue weighted by Crippen LogP contribution is 2.66. The van der Waals surface area contributed by atoms with Crippen molar-refractivity contribution in [3.05, 3.63) is 12.7 Å². The Morgan fingerprint density at radius 1 is 0.609 bits per heavy atom. The van der Waals surface area contributed by atoms with Crippen molar-refractivity contribution in [2.45, 2.75) is 79.2 Å². The van der Waals surface area contributed by atoms with E-state index in [1.54, 1.807) is 0 Å². The zero-order valence-electron chi connectivity index (χ0n) is 21.8. The van der Waals surface area contributed by atoms with Crippen LogP contribution in [0.5, 0.6) is 0 Å². The third kappa shape index (κ3) is 5.39. The lowest BCUT2D eigenvalue weighted by Crippen LogP contribution is -2.76. The van der Waals surface area contributed by atoms with Crippen molar-refractivity contribution < 1.29 is 111 Å². The fourth-order valence-electron chi connectivity index (χ4n) is 3.53. The summed E-state index contributed by atoms with van der Waals surface area (Å²) in [5.74, 6) is -82.5. The molecular formula is C21H15F21O4. The molecular weight excluding hydrogens is 715 g/mol. The SMILES string of the molecule is C=CC1CC1(C(=O)OCC)C(=O)OCCC(F)(F)C(F)(F)C(F)(F)C(F)(F)C(F)(F)C(F)(F)C(F)(F)C(F)(F)C(F)(F)C(F)(F)F. The maximum absolute atomic E-state index is 14.0. The lowest BCUT2D eigenvalue weighted by Gasteiger charge is -2.44. The van der Waals surface area contributed by atoms with Crippen molar-refractivity contribution in [2.24, 2.45) is 11.3 Å². The predicted molar refractivity (Wildman–Crippen MR) is 104 cm³/mol. The third-order valence-electron chi connectivity index (χ3n) is 6.53. The van der Waals surface area contributed by atoms with Gasteiger partial charge in [0, 0.05) is 5.92 Å². The van der Waals surface area contributed by atoms with Crippen molar-refractivity contribution in [1.82, 2.24) is 0 Å². The van der Waals surface area contributed by atoms with Crippen LogP contribution in [-0.2, 0) is 19.1 Å². The third-order valence-corrected chi connectivity index (χ3v) is 6.53. The number of alkyl halides is 21. The highest BCUT2D eigenvalue weighted by Gasteiger charge is 2.97. The Morgan fingerprint density at radius 2 is 0.935 bits per heavy atom. The lowest BCUT2D eigenvalue weighted by atomic mass is 9.86. The monoisotopic (exact) mass is 730 g/mol. The van der Waals surface area contributed by atoms with E-state index in [2.05, 4.69) is 16.1 Å². The van der Waals surface area contributed by atoms with E-state index in [9.17, 15) is 102 Å². The second-order valence-corrected chi connectivity index (χ2v) is 9.42. The Labute approximate surface area is 240 Å². The van der Waals surface area contributed by atoms with Gasteiger partial charge in [0.05, 0.1) is 19.6 Å². The second kappa shape index (κ2) is 11.4. The van der Waals surface area contributed by atoms with Gasteiger partial charge in [-0.2, -0.15) is 92.2 Å².